The number of rotatable bonds is 1. The van der Waals surface area contributed by atoms with E-state index in [-0.39, 0.29) is 11.2 Å². The molecule has 0 N–H and O–H groups in total. The van der Waals surface area contributed by atoms with Crippen LogP contribution in [-0.4, -0.2) is 23.5 Å². The molecule has 7 heteroatoms. The van der Waals surface area contributed by atoms with Crippen LogP contribution < -0.4 is 4.90 Å². The molecule has 2 nitrogen and oxygen atoms in total. The van der Waals surface area contributed by atoms with Gasteiger partial charge in [0, 0.05) is 29.1 Å². The van der Waals surface area contributed by atoms with Crippen molar-refractivity contribution in [3.63, 3.8) is 0 Å². The maximum Gasteiger partial charge on any atom is 0.419 e. The second-order valence-corrected chi connectivity index (χ2v) is 5.72. The number of alkyl halides is 4. The molecular formula is C11H11BrClF3N2. The smallest absolute Gasteiger partial charge is 0.356 e. The van der Waals surface area contributed by atoms with Crippen LogP contribution in [-0.2, 0) is 6.18 Å². The highest BCUT2D eigenvalue weighted by Gasteiger charge is 2.36. The molecule has 0 atom stereocenters. The first-order valence-corrected chi connectivity index (χ1v) is 6.72. The Morgan fingerprint density at radius 1 is 1.33 bits per heavy atom. The van der Waals surface area contributed by atoms with Crippen molar-refractivity contribution in [2.75, 3.05) is 18.0 Å². The van der Waals surface area contributed by atoms with Crippen LogP contribution in [0.25, 0.3) is 0 Å². The molecule has 2 rings (SSSR count). The average Bonchev–Trinajstić information content (AvgIpc) is 2.29. The van der Waals surface area contributed by atoms with E-state index in [4.69, 9.17) is 11.6 Å². The predicted octanol–water partition coefficient (Wildman–Crippen LogP) is 4.07. The highest BCUT2D eigenvalue weighted by molar-refractivity contribution is 9.10. The van der Waals surface area contributed by atoms with Gasteiger partial charge in [-0.1, -0.05) is 0 Å². The van der Waals surface area contributed by atoms with Gasteiger partial charge in [-0.05, 0) is 34.8 Å². The quantitative estimate of drug-likeness (QED) is 0.715. The summed E-state index contributed by atoms with van der Waals surface area (Å²) in [7, 11) is 0. The van der Waals surface area contributed by atoms with Crippen molar-refractivity contribution in [2.45, 2.75) is 24.4 Å². The van der Waals surface area contributed by atoms with Crippen LogP contribution in [0, 0.1) is 0 Å². The van der Waals surface area contributed by atoms with Gasteiger partial charge in [0.05, 0.1) is 5.56 Å². The lowest BCUT2D eigenvalue weighted by atomic mass is 10.1. The molecule has 0 saturated carbocycles. The lowest BCUT2D eigenvalue weighted by Crippen LogP contribution is -2.36. The largest absolute Gasteiger partial charge is 0.419 e. The first-order valence-electron chi connectivity index (χ1n) is 5.49. The summed E-state index contributed by atoms with van der Waals surface area (Å²) in [6, 6.07) is 1.06. The molecule has 2 heterocycles. The molecular weight excluding hydrogens is 332 g/mol. The Hall–Kier alpha value is -0.490. The summed E-state index contributed by atoms with van der Waals surface area (Å²) >= 11 is 8.97. The molecule has 1 aliphatic rings. The first kappa shape index (κ1) is 13.9. The Balaban J connectivity index is 2.32. The lowest BCUT2D eigenvalue weighted by Gasteiger charge is -2.31. The van der Waals surface area contributed by atoms with Crippen LogP contribution >= 0.6 is 27.5 Å². The zero-order chi connectivity index (χ0) is 13.3. The fourth-order valence-electron chi connectivity index (χ4n) is 1.95. The zero-order valence-corrected chi connectivity index (χ0v) is 11.7. The SMILES string of the molecule is FC(F)(F)c1cc(Br)cnc1N1CCC(Cl)CC1. The zero-order valence-electron chi connectivity index (χ0n) is 9.34. The number of anilines is 1. The van der Waals surface area contributed by atoms with Gasteiger partial charge in [0.25, 0.3) is 0 Å². The highest BCUT2D eigenvalue weighted by atomic mass is 79.9. The summed E-state index contributed by atoms with van der Waals surface area (Å²) < 4.78 is 39.2. The van der Waals surface area contributed by atoms with Crippen LogP contribution in [0.2, 0.25) is 0 Å². The molecule has 0 unspecified atom stereocenters. The summed E-state index contributed by atoms with van der Waals surface area (Å²) in [5, 5.41) is 0.0473. The maximum absolute atomic E-state index is 12.9. The minimum atomic E-state index is -4.40. The third-order valence-corrected chi connectivity index (χ3v) is 3.73. The molecule has 0 aliphatic carbocycles. The van der Waals surface area contributed by atoms with E-state index < -0.39 is 11.7 Å². The molecule has 0 aromatic carbocycles. The number of pyridine rings is 1. The summed E-state index contributed by atoms with van der Waals surface area (Å²) in [4.78, 5) is 5.56. The Kier molecular flexibility index (Phi) is 4.06. The number of hydrogen-bond donors (Lipinski definition) is 0. The molecule has 1 fully saturated rings. The van der Waals surface area contributed by atoms with Gasteiger partial charge in [-0.3, -0.25) is 0 Å². The highest BCUT2D eigenvalue weighted by Crippen LogP contribution is 2.37. The average molecular weight is 344 g/mol. The van der Waals surface area contributed by atoms with Crippen LogP contribution in [0.4, 0.5) is 19.0 Å². The fourth-order valence-corrected chi connectivity index (χ4v) is 2.48. The van der Waals surface area contributed by atoms with Gasteiger partial charge in [0.2, 0.25) is 0 Å². The van der Waals surface area contributed by atoms with E-state index in [0.29, 0.717) is 30.4 Å². The summed E-state index contributed by atoms with van der Waals surface area (Å²) in [6.45, 7) is 1.01. The van der Waals surface area contributed by atoms with Gasteiger partial charge in [-0.25, -0.2) is 4.98 Å². The molecule has 1 aliphatic heterocycles. The van der Waals surface area contributed by atoms with E-state index in [2.05, 4.69) is 20.9 Å². The van der Waals surface area contributed by atoms with Crippen molar-refractivity contribution in [2.24, 2.45) is 0 Å². The number of halogens is 5. The van der Waals surface area contributed by atoms with Crippen molar-refractivity contribution >= 4 is 33.3 Å². The van der Waals surface area contributed by atoms with E-state index in [0.717, 1.165) is 6.07 Å². The van der Waals surface area contributed by atoms with Crippen LogP contribution in [0.3, 0.4) is 0 Å². The van der Waals surface area contributed by atoms with Crippen LogP contribution in [0.1, 0.15) is 18.4 Å². The van der Waals surface area contributed by atoms with Gasteiger partial charge >= 0.3 is 6.18 Å². The number of hydrogen-bond acceptors (Lipinski definition) is 2. The number of nitrogens with zero attached hydrogens (tertiary/aromatic N) is 2. The van der Waals surface area contributed by atoms with Crippen LogP contribution in [0.15, 0.2) is 16.7 Å². The first-order chi connectivity index (χ1) is 8.38. The molecule has 0 amide bonds. The van der Waals surface area contributed by atoms with Gasteiger partial charge < -0.3 is 4.90 Å². The van der Waals surface area contributed by atoms with Crippen molar-refractivity contribution in [3.8, 4) is 0 Å². The Bertz CT molecular complexity index is 431. The van der Waals surface area contributed by atoms with E-state index in [1.807, 2.05) is 0 Å². The third-order valence-electron chi connectivity index (χ3n) is 2.86. The number of aromatic nitrogens is 1. The Labute approximate surface area is 116 Å². The standard InChI is InChI=1S/C11H11BrClF3N2/c12-7-5-9(11(14,15)16)10(17-6-7)18-3-1-8(13)2-4-18/h5-6,8H,1-4H2. The van der Waals surface area contributed by atoms with Gasteiger partial charge in [-0.15, -0.1) is 11.6 Å². The van der Waals surface area contributed by atoms with E-state index in [1.54, 1.807) is 4.90 Å². The minimum Gasteiger partial charge on any atom is -0.356 e. The summed E-state index contributed by atoms with van der Waals surface area (Å²) in [5.74, 6) is -0.00531. The van der Waals surface area contributed by atoms with Crippen molar-refractivity contribution < 1.29 is 13.2 Å². The third kappa shape index (κ3) is 3.09. The minimum absolute atomic E-state index is 0.00531. The number of piperidine rings is 1. The monoisotopic (exact) mass is 342 g/mol. The van der Waals surface area contributed by atoms with E-state index in [1.165, 1.54) is 6.20 Å². The molecule has 18 heavy (non-hydrogen) atoms. The van der Waals surface area contributed by atoms with E-state index >= 15 is 0 Å². The lowest BCUT2D eigenvalue weighted by molar-refractivity contribution is -0.137. The molecule has 0 radical (unpaired) electrons. The molecule has 1 saturated heterocycles. The Morgan fingerprint density at radius 3 is 2.50 bits per heavy atom. The van der Waals surface area contributed by atoms with Gasteiger partial charge in [-0.2, -0.15) is 13.2 Å². The molecule has 1 aromatic heterocycles. The molecule has 0 bridgehead atoms. The maximum atomic E-state index is 12.9. The summed E-state index contributed by atoms with van der Waals surface area (Å²) in [5.41, 5.74) is -0.704. The predicted molar refractivity (Wildman–Crippen MR) is 68.0 cm³/mol. The topological polar surface area (TPSA) is 16.1 Å². The normalized spacial score (nSPS) is 18.2. The van der Waals surface area contributed by atoms with Crippen molar-refractivity contribution in [1.29, 1.82) is 0 Å². The van der Waals surface area contributed by atoms with Gasteiger partial charge in [0.15, 0.2) is 0 Å². The molecule has 1 aromatic rings. The summed E-state index contributed by atoms with van der Waals surface area (Å²) in [6.07, 6.45) is -1.66. The second kappa shape index (κ2) is 5.25. The fraction of sp³-hybridized carbons (Fsp3) is 0.545. The molecule has 0 spiro atoms. The molecule has 100 valence electrons. The van der Waals surface area contributed by atoms with Crippen molar-refractivity contribution in [1.82, 2.24) is 4.98 Å². The van der Waals surface area contributed by atoms with Gasteiger partial charge in [0.1, 0.15) is 5.82 Å². The van der Waals surface area contributed by atoms with Crippen LogP contribution in [0.5, 0.6) is 0 Å². The van der Waals surface area contributed by atoms with E-state index in [9.17, 15) is 13.2 Å². The van der Waals surface area contributed by atoms with Crippen molar-refractivity contribution in [3.05, 3.63) is 22.3 Å². The second-order valence-electron chi connectivity index (χ2n) is 4.18. The Morgan fingerprint density at radius 2 is 1.94 bits per heavy atom.